The zero-order valence-corrected chi connectivity index (χ0v) is 25.4. The highest BCUT2D eigenvalue weighted by Gasteiger charge is 2.40. The summed E-state index contributed by atoms with van der Waals surface area (Å²) in [5, 5.41) is 0. The van der Waals surface area contributed by atoms with Crippen molar-refractivity contribution in [2.24, 2.45) is 5.92 Å². The molecule has 2 fully saturated rings. The summed E-state index contributed by atoms with van der Waals surface area (Å²) >= 11 is 0. The number of likely N-dealkylation sites (tertiary alicyclic amines) is 1. The molecule has 43 heavy (non-hydrogen) atoms. The highest BCUT2D eigenvalue weighted by molar-refractivity contribution is 5.94. The predicted octanol–water partition coefficient (Wildman–Crippen LogP) is 6.97. The van der Waals surface area contributed by atoms with Crippen LogP contribution in [0.1, 0.15) is 66.4 Å². The van der Waals surface area contributed by atoms with E-state index in [0.29, 0.717) is 18.4 Å². The molecule has 1 unspecified atom stereocenters. The minimum Gasteiger partial charge on any atom is -0.445 e. The first-order valence-corrected chi connectivity index (χ1v) is 15.7. The van der Waals surface area contributed by atoms with Gasteiger partial charge >= 0.3 is 6.09 Å². The number of benzene rings is 3. The third-order valence-corrected chi connectivity index (χ3v) is 9.25. The highest BCUT2D eigenvalue weighted by Crippen LogP contribution is 2.42. The van der Waals surface area contributed by atoms with Crippen LogP contribution in [0.4, 0.5) is 9.18 Å². The summed E-state index contributed by atoms with van der Waals surface area (Å²) in [7, 11) is 1.95. The summed E-state index contributed by atoms with van der Waals surface area (Å²) in [6, 6.07) is 26.7. The maximum Gasteiger partial charge on any atom is 0.410 e. The van der Waals surface area contributed by atoms with Crippen LogP contribution in [0.5, 0.6) is 0 Å². The number of ether oxygens (including phenoxy) is 1. The van der Waals surface area contributed by atoms with E-state index in [-0.39, 0.29) is 36.5 Å². The highest BCUT2D eigenvalue weighted by atomic mass is 19.1. The van der Waals surface area contributed by atoms with Crippen LogP contribution in [0.3, 0.4) is 0 Å². The minimum absolute atomic E-state index is 0.0844. The van der Waals surface area contributed by atoms with Crippen LogP contribution in [0.15, 0.2) is 84.9 Å². The lowest BCUT2D eigenvalue weighted by atomic mass is 9.88. The fourth-order valence-corrected chi connectivity index (χ4v) is 6.89. The summed E-state index contributed by atoms with van der Waals surface area (Å²) in [5.74, 6) is 0.627. The SMILES string of the molecule is CCCN(C(=O)OCc1ccc(F)cc1)C1CCN(C[C@H]2CC(N(C)C(=O)c3ccccc3)C[C@@H]2c2ccccc2)CC1. The fourth-order valence-electron chi connectivity index (χ4n) is 6.89. The number of carbonyl (C=O) groups is 2. The molecular formula is C36H44FN3O3. The molecule has 7 heteroatoms. The van der Waals surface area contributed by atoms with Gasteiger partial charge in [0.2, 0.25) is 0 Å². The smallest absolute Gasteiger partial charge is 0.410 e. The van der Waals surface area contributed by atoms with Crippen molar-refractivity contribution < 1.29 is 18.7 Å². The molecule has 2 aliphatic rings. The van der Waals surface area contributed by atoms with E-state index in [1.807, 2.05) is 47.2 Å². The Bertz CT molecular complexity index is 1310. The normalized spacial score (nSPS) is 21.0. The Labute approximate surface area is 255 Å². The number of piperidine rings is 1. The van der Waals surface area contributed by atoms with Gasteiger partial charge in [0.1, 0.15) is 12.4 Å². The third kappa shape index (κ3) is 7.82. The molecule has 0 spiro atoms. The monoisotopic (exact) mass is 585 g/mol. The second kappa shape index (κ2) is 14.6. The van der Waals surface area contributed by atoms with Crippen molar-refractivity contribution in [2.45, 2.75) is 63.6 Å². The summed E-state index contributed by atoms with van der Waals surface area (Å²) in [5.41, 5.74) is 2.86. The second-order valence-corrected chi connectivity index (χ2v) is 12.1. The van der Waals surface area contributed by atoms with Crippen LogP contribution in [0, 0.1) is 11.7 Å². The zero-order chi connectivity index (χ0) is 30.2. The van der Waals surface area contributed by atoms with Crippen LogP contribution in [0.25, 0.3) is 0 Å². The molecule has 3 aromatic carbocycles. The summed E-state index contributed by atoms with van der Waals surface area (Å²) in [6.45, 7) is 5.72. The molecule has 1 aliphatic heterocycles. The number of carbonyl (C=O) groups excluding carboxylic acids is 2. The molecule has 0 radical (unpaired) electrons. The molecule has 3 atom stereocenters. The molecule has 1 heterocycles. The average Bonchev–Trinajstić information content (AvgIpc) is 3.47. The van der Waals surface area contributed by atoms with Crippen molar-refractivity contribution in [2.75, 3.05) is 33.2 Å². The molecule has 5 rings (SSSR count). The predicted molar refractivity (Wildman–Crippen MR) is 167 cm³/mol. The topological polar surface area (TPSA) is 53.1 Å². The van der Waals surface area contributed by atoms with Crippen molar-refractivity contribution >= 4 is 12.0 Å². The van der Waals surface area contributed by atoms with Crippen LogP contribution in [-0.4, -0.2) is 72.0 Å². The Morgan fingerprint density at radius 3 is 2.19 bits per heavy atom. The number of hydrogen-bond acceptors (Lipinski definition) is 4. The molecule has 0 bridgehead atoms. The molecule has 0 N–H and O–H groups in total. The van der Waals surface area contributed by atoms with Gasteiger partial charge in [-0.05, 0) is 79.3 Å². The zero-order valence-electron chi connectivity index (χ0n) is 25.4. The van der Waals surface area contributed by atoms with Gasteiger partial charge in [0.15, 0.2) is 0 Å². The van der Waals surface area contributed by atoms with Gasteiger partial charge in [0.05, 0.1) is 0 Å². The summed E-state index contributed by atoms with van der Waals surface area (Å²) in [6.07, 6.45) is 4.33. The third-order valence-electron chi connectivity index (χ3n) is 9.25. The van der Waals surface area contributed by atoms with Crippen molar-refractivity contribution in [1.82, 2.24) is 14.7 Å². The molecular weight excluding hydrogens is 541 g/mol. The van der Waals surface area contributed by atoms with E-state index in [1.54, 1.807) is 12.1 Å². The Hall–Kier alpha value is -3.71. The summed E-state index contributed by atoms with van der Waals surface area (Å²) < 4.78 is 18.9. The van der Waals surface area contributed by atoms with Crippen LogP contribution in [-0.2, 0) is 11.3 Å². The van der Waals surface area contributed by atoms with Gasteiger partial charge < -0.3 is 19.4 Å². The second-order valence-electron chi connectivity index (χ2n) is 12.1. The first-order chi connectivity index (χ1) is 20.9. The van der Waals surface area contributed by atoms with Crippen LogP contribution >= 0.6 is 0 Å². The van der Waals surface area contributed by atoms with Gasteiger partial charge in [-0.25, -0.2) is 9.18 Å². The molecule has 6 nitrogen and oxygen atoms in total. The number of halogens is 1. The quantitative estimate of drug-likeness (QED) is 0.258. The first kappa shape index (κ1) is 30.7. The lowest BCUT2D eigenvalue weighted by Crippen LogP contribution is -2.48. The molecule has 228 valence electrons. The maximum absolute atomic E-state index is 13.3. The van der Waals surface area contributed by atoms with E-state index < -0.39 is 0 Å². The van der Waals surface area contributed by atoms with E-state index in [9.17, 15) is 14.0 Å². The van der Waals surface area contributed by atoms with Crippen LogP contribution < -0.4 is 0 Å². The Morgan fingerprint density at radius 1 is 0.884 bits per heavy atom. The average molecular weight is 586 g/mol. The van der Waals surface area contributed by atoms with E-state index in [2.05, 4.69) is 42.2 Å². The number of hydrogen-bond donors (Lipinski definition) is 0. The molecule has 1 saturated heterocycles. The van der Waals surface area contributed by atoms with Crippen molar-refractivity contribution in [3.05, 3.63) is 107 Å². The van der Waals surface area contributed by atoms with Gasteiger partial charge in [0.25, 0.3) is 5.91 Å². The molecule has 1 aliphatic carbocycles. The number of amides is 2. The standard InChI is InChI=1S/C36H44FN3O3/c1-3-20-40(36(42)43-26-27-14-16-31(37)17-15-27)32-18-21-39(22-19-32)25-30-23-33(24-34(30)28-10-6-4-7-11-28)38(2)35(41)29-12-8-5-9-13-29/h4-17,30,32-34H,3,18-26H2,1-2H3/t30-,33?,34-/m1/s1. The molecule has 1 saturated carbocycles. The number of rotatable bonds is 10. The lowest BCUT2D eigenvalue weighted by Gasteiger charge is -2.39. The van der Waals surface area contributed by atoms with E-state index in [1.165, 1.54) is 17.7 Å². The Morgan fingerprint density at radius 2 is 1.53 bits per heavy atom. The summed E-state index contributed by atoms with van der Waals surface area (Å²) in [4.78, 5) is 32.7. The largest absolute Gasteiger partial charge is 0.445 e. The van der Waals surface area contributed by atoms with Gasteiger partial charge in [-0.2, -0.15) is 0 Å². The van der Waals surface area contributed by atoms with Gasteiger partial charge in [-0.3, -0.25) is 4.79 Å². The molecule has 3 aromatic rings. The van der Waals surface area contributed by atoms with Gasteiger partial charge in [-0.15, -0.1) is 0 Å². The maximum atomic E-state index is 13.3. The molecule has 0 aromatic heterocycles. The van der Waals surface area contributed by atoms with Gasteiger partial charge in [0, 0.05) is 50.9 Å². The van der Waals surface area contributed by atoms with E-state index >= 15 is 0 Å². The van der Waals surface area contributed by atoms with E-state index in [0.717, 1.165) is 62.9 Å². The van der Waals surface area contributed by atoms with Crippen molar-refractivity contribution in [3.63, 3.8) is 0 Å². The number of nitrogens with zero attached hydrogens (tertiary/aromatic N) is 3. The van der Waals surface area contributed by atoms with Gasteiger partial charge in [-0.1, -0.05) is 67.6 Å². The van der Waals surface area contributed by atoms with Crippen LogP contribution in [0.2, 0.25) is 0 Å². The Kier molecular flexibility index (Phi) is 10.5. The first-order valence-electron chi connectivity index (χ1n) is 15.7. The van der Waals surface area contributed by atoms with Crippen molar-refractivity contribution in [3.8, 4) is 0 Å². The van der Waals surface area contributed by atoms with E-state index in [4.69, 9.17) is 4.74 Å². The fraction of sp³-hybridized carbons (Fsp3) is 0.444. The lowest BCUT2D eigenvalue weighted by molar-refractivity contribution is 0.0572. The van der Waals surface area contributed by atoms with Crippen molar-refractivity contribution in [1.29, 1.82) is 0 Å². The Balaban J connectivity index is 1.19. The minimum atomic E-state index is -0.301. The molecule has 2 amide bonds.